The molecule has 1 atom stereocenters. The lowest BCUT2D eigenvalue weighted by atomic mass is 10.3. The minimum atomic E-state index is -2.24. The van der Waals surface area contributed by atoms with Gasteiger partial charge in [-0.05, 0) is 0 Å². The molecule has 1 rings (SSSR count). The zero-order valence-corrected chi connectivity index (χ0v) is 9.75. The molecule has 100 valence electrons. The van der Waals surface area contributed by atoms with Crippen LogP contribution < -0.4 is 0 Å². The summed E-state index contributed by atoms with van der Waals surface area (Å²) in [6.45, 7) is 1.30. The molecule has 0 saturated carbocycles. The topological polar surface area (TPSA) is 37.3 Å². The normalized spacial score (nSPS) is 12.6. The van der Waals surface area contributed by atoms with E-state index in [2.05, 4.69) is 0 Å². The van der Waals surface area contributed by atoms with Crippen molar-refractivity contribution in [2.24, 2.45) is 0 Å². The summed E-state index contributed by atoms with van der Waals surface area (Å²) < 4.78 is 64.8. The van der Waals surface area contributed by atoms with E-state index in [0.29, 0.717) is 0 Å². The molecule has 2 nitrogen and oxygen atoms in total. The zero-order chi connectivity index (χ0) is 14.0. The highest BCUT2D eigenvalue weighted by atomic mass is 32.2. The van der Waals surface area contributed by atoms with Gasteiger partial charge in [0.2, 0.25) is 5.82 Å². The Morgan fingerprint density at radius 1 is 1.06 bits per heavy atom. The lowest BCUT2D eigenvalue weighted by molar-refractivity contribution is -0.136. The molecule has 0 aromatic heterocycles. The van der Waals surface area contributed by atoms with Crippen molar-refractivity contribution in [2.75, 3.05) is 0 Å². The van der Waals surface area contributed by atoms with E-state index in [1.54, 1.807) is 0 Å². The van der Waals surface area contributed by atoms with Crippen LogP contribution in [0.5, 0.6) is 0 Å². The quantitative estimate of drug-likeness (QED) is 0.399. The number of carboxylic acids is 1. The predicted molar refractivity (Wildman–Crippen MR) is 53.8 cm³/mol. The fourth-order valence-corrected chi connectivity index (χ4v) is 2.19. The van der Waals surface area contributed by atoms with Crippen molar-refractivity contribution in [3.05, 3.63) is 29.1 Å². The number of hydrogen-bond donors (Lipinski definition) is 1. The highest BCUT2D eigenvalue weighted by Crippen LogP contribution is 2.34. The third-order valence-electron chi connectivity index (χ3n) is 1.95. The second-order valence-corrected chi connectivity index (χ2v) is 4.87. The van der Waals surface area contributed by atoms with E-state index in [0.717, 1.165) is 0 Å². The number of thioether (sulfide) groups is 1. The number of aliphatic carboxylic acids is 1. The molecule has 0 spiro atoms. The van der Waals surface area contributed by atoms with Crippen molar-refractivity contribution < 1.29 is 31.9 Å². The Kier molecular flexibility index (Phi) is 4.55. The molecule has 18 heavy (non-hydrogen) atoms. The second kappa shape index (κ2) is 5.55. The van der Waals surface area contributed by atoms with E-state index in [1.165, 1.54) is 6.92 Å². The van der Waals surface area contributed by atoms with Crippen LogP contribution in [-0.2, 0) is 4.79 Å². The first-order chi connectivity index (χ1) is 8.25. The molecule has 0 aliphatic rings. The Labute approximate surface area is 103 Å². The molecule has 0 amide bonds. The number of rotatable bonds is 4. The Bertz CT molecular complexity index is 463. The molecule has 0 heterocycles. The summed E-state index contributed by atoms with van der Waals surface area (Å²) in [4.78, 5) is 9.28. The molecule has 1 unspecified atom stereocenters. The summed E-state index contributed by atoms with van der Waals surface area (Å²) in [6.07, 6.45) is -0.468. The highest BCUT2D eigenvalue weighted by molar-refractivity contribution is 8.00. The third kappa shape index (κ3) is 2.92. The number of carboxylic acid groups (broad SMARTS) is 1. The molecule has 8 heteroatoms. The molecule has 0 saturated heterocycles. The summed E-state index contributed by atoms with van der Waals surface area (Å²) >= 11 is 0.285. The monoisotopic (exact) mass is 286 g/mol. The van der Waals surface area contributed by atoms with E-state index in [9.17, 15) is 26.7 Å². The minimum Gasteiger partial charge on any atom is -0.481 e. The van der Waals surface area contributed by atoms with Gasteiger partial charge in [-0.2, -0.15) is 0 Å². The summed E-state index contributed by atoms with van der Waals surface area (Å²) in [7, 11) is 0. The van der Waals surface area contributed by atoms with Gasteiger partial charge in [-0.1, -0.05) is 6.92 Å². The predicted octanol–water partition coefficient (Wildman–Crippen LogP) is 3.34. The van der Waals surface area contributed by atoms with Gasteiger partial charge in [0.25, 0.3) is 0 Å². The molecule has 0 bridgehead atoms. The molecule has 1 aromatic carbocycles. The van der Waals surface area contributed by atoms with Crippen molar-refractivity contribution in [1.29, 1.82) is 0 Å². The molecule has 1 N–H and O–H groups in total. The van der Waals surface area contributed by atoms with Gasteiger partial charge in [-0.25, -0.2) is 22.0 Å². The van der Waals surface area contributed by atoms with E-state index in [4.69, 9.17) is 5.11 Å². The van der Waals surface area contributed by atoms with Gasteiger partial charge in [0, 0.05) is 5.25 Å². The SMILES string of the molecule is CC(CC(=O)O)Sc1c(F)c(F)c(F)c(F)c1F. The van der Waals surface area contributed by atoms with E-state index in [-0.39, 0.29) is 11.8 Å². The molecular formula is C10H7F5O2S. The molecule has 0 radical (unpaired) electrons. The van der Waals surface area contributed by atoms with Crippen LogP contribution in [-0.4, -0.2) is 16.3 Å². The van der Waals surface area contributed by atoms with Crippen LogP contribution >= 0.6 is 11.8 Å². The second-order valence-electron chi connectivity index (χ2n) is 3.43. The maximum Gasteiger partial charge on any atom is 0.304 e. The third-order valence-corrected chi connectivity index (χ3v) is 3.11. The van der Waals surface area contributed by atoms with Crippen LogP contribution in [0.1, 0.15) is 13.3 Å². The van der Waals surface area contributed by atoms with Gasteiger partial charge in [0.15, 0.2) is 23.3 Å². The fourth-order valence-electron chi connectivity index (χ4n) is 1.18. The summed E-state index contributed by atoms with van der Waals surface area (Å²) in [5, 5.41) is 7.61. The summed E-state index contributed by atoms with van der Waals surface area (Å²) in [5.41, 5.74) is 0. The van der Waals surface area contributed by atoms with Crippen LogP contribution in [0.2, 0.25) is 0 Å². The molecule has 0 aliphatic carbocycles. The van der Waals surface area contributed by atoms with E-state index >= 15 is 0 Å². The zero-order valence-electron chi connectivity index (χ0n) is 8.94. The van der Waals surface area contributed by atoms with Gasteiger partial charge >= 0.3 is 5.97 Å². The number of benzene rings is 1. The Morgan fingerprint density at radius 3 is 1.83 bits per heavy atom. The number of hydrogen-bond acceptors (Lipinski definition) is 2. The smallest absolute Gasteiger partial charge is 0.304 e. The molecule has 0 aliphatic heterocycles. The van der Waals surface area contributed by atoms with Crippen LogP contribution in [0.3, 0.4) is 0 Å². The van der Waals surface area contributed by atoms with Gasteiger partial charge in [-0.15, -0.1) is 11.8 Å². The Hall–Kier alpha value is -1.31. The first-order valence-corrected chi connectivity index (χ1v) is 5.53. The van der Waals surface area contributed by atoms with E-state index < -0.39 is 51.6 Å². The van der Waals surface area contributed by atoms with Crippen molar-refractivity contribution in [1.82, 2.24) is 0 Å². The Balaban J connectivity index is 3.13. The maximum absolute atomic E-state index is 13.2. The average molecular weight is 286 g/mol. The summed E-state index contributed by atoms with van der Waals surface area (Å²) in [5.74, 6) is -11.5. The lowest BCUT2D eigenvalue weighted by Gasteiger charge is -2.11. The van der Waals surface area contributed by atoms with Gasteiger partial charge < -0.3 is 5.11 Å². The first kappa shape index (κ1) is 14.7. The molecular weight excluding hydrogens is 279 g/mol. The van der Waals surface area contributed by atoms with Crippen molar-refractivity contribution in [3.63, 3.8) is 0 Å². The standard InChI is InChI=1S/C10H7F5O2S/c1-3(2-4(16)17)18-10-8(14)6(12)5(11)7(13)9(10)15/h3H,2H2,1H3,(H,16,17). The van der Waals surface area contributed by atoms with Crippen molar-refractivity contribution in [2.45, 2.75) is 23.5 Å². The molecule has 1 aromatic rings. The van der Waals surface area contributed by atoms with Gasteiger partial charge in [0.1, 0.15) is 0 Å². The first-order valence-electron chi connectivity index (χ1n) is 4.65. The van der Waals surface area contributed by atoms with Crippen molar-refractivity contribution >= 4 is 17.7 Å². The van der Waals surface area contributed by atoms with Crippen molar-refractivity contribution in [3.8, 4) is 0 Å². The maximum atomic E-state index is 13.2. The van der Waals surface area contributed by atoms with Crippen LogP contribution in [0.15, 0.2) is 4.90 Å². The number of carbonyl (C=O) groups is 1. The van der Waals surface area contributed by atoms with Gasteiger partial charge in [-0.3, -0.25) is 4.79 Å². The molecule has 0 fully saturated rings. The fraction of sp³-hybridized carbons (Fsp3) is 0.300. The minimum absolute atomic E-state index is 0.285. The van der Waals surface area contributed by atoms with Crippen LogP contribution in [0.4, 0.5) is 22.0 Å². The van der Waals surface area contributed by atoms with Crippen LogP contribution in [0.25, 0.3) is 0 Å². The van der Waals surface area contributed by atoms with Crippen LogP contribution in [0, 0.1) is 29.1 Å². The van der Waals surface area contributed by atoms with E-state index in [1.807, 2.05) is 0 Å². The highest BCUT2D eigenvalue weighted by Gasteiger charge is 2.27. The largest absolute Gasteiger partial charge is 0.481 e. The van der Waals surface area contributed by atoms with Gasteiger partial charge in [0.05, 0.1) is 11.3 Å². The lowest BCUT2D eigenvalue weighted by Crippen LogP contribution is -2.09. The average Bonchev–Trinajstić information content (AvgIpc) is 2.29. The summed E-state index contributed by atoms with van der Waals surface area (Å²) in [6, 6.07) is 0. The number of halogens is 5. The Morgan fingerprint density at radius 2 is 1.44 bits per heavy atom.